The van der Waals surface area contributed by atoms with Crippen LogP contribution in [0, 0.1) is 0 Å². The fourth-order valence-corrected chi connectivity index (χ4v) is 2.87. The van der Waals surface area contributed by atoms with E-state index in [0.29, 0.717) is 12.5 Å². The maximum atomic E-state index is 5.50. The quantitative estimate of drug-likeness (QED) is 0.771. The normalized spacial score (nSPS) is 23.6. The van der Waals surface area contributed by atoms with Crippen LogP contribution in [-0.2, 0) is 19.6 Å². The Morgan fingerprint density at radius 3 is 2.20 bits per heavy atom. The van der Waals surface area contributed by atoms with Gasteiger partial charge in [0.1, 0.15) is 11.5 Å². The Labute approximate surface area is 119 Å². The minimum absolute atomic E-state index is 0.197. The van der Waals surface area contributed by atoms with Crippen molar-refractivity contribution in [1.29, 1.82) is 0 Å². The first-order valence-electron chi connectivity index (χ1n) is 6.94. The molecule has 1 atom stereocenters. The summed E-state index contributed by atoms with van der Waals surface area (Å²) in [4.78, 5) is 0. The number of rotatable bonds is 5. The average molecular weight is 272 g/mol. The number of epoxide rings is 1. The molecule has 2 aliphatic rings. The van der Waals surface area contributed by atoms with E-state index in [0.717, 1.165) is 24.5 Å². The average Bonchev–Trinajstić information content (AvgIpc) is 3.31. The van der Waals surface area contributed by atoms with Crippen molar-refractivity contribution in [1.82, 2.24) is 0 Å². The summed E-state index contributed by atoms with van der Waals surface area (Å²) in [6.07, 6.45) is 6.40. The summed E-state index contributed by atoms with van der Waals surface area (Å²) in [5.41, 5.74) is 1.05. The highest BCUT2D eigenvalue weighted by molar-refractivity contribution is 5.42. The second-order valence-electron chi connectivity index (χ2n) is 5.37. The van der Waals surface area contributed by atoms with Gasteiger partial charge in [-0.2, -0.15) is 0 Å². The molecule has 0 radical (unpaired) electrons. The van der Waals surface area contributed by atoms with Gasteiger partial charge < -0.3 is 14.2 Å². The van der Waals surface area contributed by atoms with Crippen molar-refractivity contribution in [2.24, 2.45) is 0 Å². The fourth-order valence-electron chi connectivity index (χ4n) is 2.87. The molecule has 0 saturated carbocycles. The number of methoxy groups -OCH3 is 2. The predicted molar refractivity (Wildman–Crippen MR) is 77.3 cm³/mol. The van der Waals surface area contributed by atoms with Crippen LogP contribution >= 0.6 is 0 Å². The summed E-state index contributed by atoms with van der Waals surface area (Å²) in [6, 6.07) is 10.5. The van der Waals surface area contributed by atoms with Gasteiger partial charge in [-0.3, -0.25) is 0 Å². The molecule has 1 unspecified atom stereocenters. The van der Waals surface area contributed by atoms with Crippen molar-refractivity contribution in [2.45, 2.75) is 24.4 Å². The summed E-state index contributed by atoms with van der Waals surface area (Å²) < 4.78 is 16.5. The molecular weight excluding hydrogens is 252 g/mol. The Hall–Kier alpha value is -1.74. The summed E-state index contributed by atoms with van der Waals surface area (Å²) in [7, 11) is 3.43. The Morgan fingerprint density at radius 2 is 1.70 bits per heavy atom. The molecule has 1 saturated heterocycles. The van der Waals surface area contributed by atoms with Crippen LogP contribution in [0.4, 0.5) is 0 Å². The molecule has 20 heavy (non-hydrogen) atoms. The Balaban J connectivity index is 2.05. The third kappa shape index (κ3) is 2.59. The lowest BCUT2D eigenvalue weighted by atomic mass is 9.73. The smallest absolute Gasteiger partial charge is 0.100 e. The molecule has 3 nitrogen and oxygen atoms in total. The first kappa shape index (κ1) is 13.3. The molecule has 1 aliphatic carbocycles. The van der Waals surface area contributed by atoms with E-state index in [1.165, 1.54) is 5.56 Å². The third-order valence-electron chi connectivity index (χ3n) is 3.99. The van der Waals surface area contributed by atoms with Crippen LogP contribution in [0.2, 0.25) is 0 Å². The fraction of sp³-hybridized carbons (Fsp3) is 0.412. The number of allylic oxidation sites excluding steroid dienone is 2. The zero-order valence-corrected chi connectivity index (χ0v) is 12.0. The standard InChI is InChI=1S/C17H20O3/c1-18-14-8-15(19-2)10-17(9-14,11-16-12-20-16)13-6-4-3-5-7-13/h3-7,9-10,16H,8,11-12H2,1-2H3. The van der Waals surface area contributed by atoms with Crippen LogP contribution in [0.25, 0.3) is 0 Å². The summed E-state index contributed by atoms with van der Waals surface area (Å²) in [6.45, 7) is 0.848. The van der Waals surface area contributed by atoms with Gasteiger partial charge in [0.2, 0.25) is 0 Å². The van der Waals surface area contributed by atoms with E-state index in [4.69, 9.17) is 14.2 Å². The molecule has 3 heteroatoms. The molecule has 0 bridgehead atoms. The number of ether oxygens (including phenoxy) is 3. The van der Waals surface area contributed by atoms with Crippen LogP contribution in [-0.4, -0.2) is 26.9 Å². The minimum atomic E-state index is -0.197. The summed E-state index contributed by atoms with van der Waals surface area (Å²) in [5.74, 6) is 1.91. The van der Waals surface area contributed by atoms with Crippen molar-refractivity contribution in [3.8, 4) is 0 Å². The van der Waals surface area contributed by atoms with Crippen LogP contribution in [0.3, 0.4) is 0 Å². The van der Waals surface area contributed by atoms with Gasteiger partial charge in [-0.05, 0) is 24.1 Å². The van der Waals surface area contributed by atoms with Gasteiger partial charge in [0.15, 0.2) is 0 Å². The van der Waals surface area contributed by atoms with Crippen LogP contribution in [0.1, 0.15) is 18.4 Å². The van der Waals surface area contributed by atoms with Crippen molar-refractivity contribution in [2.75, 3.05) is 20.8 Å². The van der Waals surface area contributed by atoms with Crippen molar-refractivity contribution in [3.05, 3.63) is 59.6 Å². The van der Waals surface area contributed by atoms with Crippen LogP contribution in [0.15, 0.2) is 54.0 Å². The lowest BCUT2D eigenvalue weighted by Gasteiger charge is -2.32. The Bertz CT molecular complexity index is 506. The van der Waals surface area contributed by atoms with Gasteiger partial charge in [0.05, 0.1) is 33.4 Å². The zero-order chi connectivity index (χ0) is 14.0. The van der Waals surface area contributed by atoms with Gasteiger partial charge in [0, 0.05) is 5.41 Å². The molecule has 1 aromatic rings. The van der Waals surface area contributed by atoms with Gasteiger partial charge in [-0.25, -0.2) is 0 Å². The highest BCUT2D eigenvalue weighted by Gasteiger charge is 2.39. The van der Waals surface area contributed by atoms with E-state index in [1.807, 2.05) is 6.07 Å². The van der Waals surface area contributed by atoms with Gasteiger partial charge in [-0.1, -0.05) is 30.3 Å². The molecule has 1 fully saturated rings. The number of hydrogen-bond acceptors (Lipinski definition) is 3. The first-order chi connectivity index (χ1) is 9.75. The molecule has 1 aliphatic heterocycles. The second kappa shape index (κ2) is 5.33. The van der Waals surface area contributed by atoms with Crippen LogP contribution in [0.5, 0.6) is 0 Å². The second-order valence-corrected chi connectivity index (χ2v) is 5.37. The summed E-state index contributed by atoms with van der Waals surface area (Å²) >= 11 is 0. The van der Waals surface area contributed by atoms with Crippen molar-refractivity contribution < 1.29 is 14.2 Å². The maximum absolute atomic E-state index is 5.50. The lowest BCUT2D eigenvalue weighted by Crippen LogP contribution is -2.27. The Kier molecular flexibility index (Phi) is 3.53. The van der Waals surface area contributed by atoms with E-state index >= 15 is 0 Å². The lowest BCUT2D eigenvalue weighted by molar-refractivity contribution is 0.223. The van der Waals surface area contributed by atoms with E-state index < -0.39 is 0 Å². The molecular formula is C17H20O3. The van der Waals surface area contributed by atoms with E-state index in [2.05, 4.69) is 36.4 Å². The van der Waals surface area contributed by atoms with Crippen LogP contribution < -0.4 is 0 Å². The van der Waals surface area contributed by atoms with Crippen molar-refractivity contribution >= 4 is 0 Å². The molecule has 106 valence electrons. The molecule has 1 aromatic carbocycles. The largest absolute Gasteiger partial charge is 0.501 e. The summed E-state index contributed by atoms with van der Waals surface area (Å²) in [5, 5.41) is 0. The first-order valence-corrected chi connectivity index (χ1v) is 6.94. The third-order valence-corrected chi connectivity index (χ3v) is 3.99. The van der Waals surface area contributed by atoms with E-state index in [-0.39, 0.29) is 5.41 Å². The molecule has 1 heterocycles. The topological polar surface area (TPSA) is 31.0 Å². The molecule has 0 N–H and O–H groups in total. The zero-order valence-electron chi connectivity index (χ0n) is 12.0. The number of hydrogen-bond donors (Lipinski definition) is 0. The minimum Gasteiger partial charge on any atom is -0.501 e. The molecule has 3 rings (SSSR count). The monoisotopic (exact) mass is 272 g/mol. The van der Waals surface area contributed by atoms with Crippen molar-refractivity contribution in [3.63, 3.8) is 0 Å². The predicted octanol–water partition coefficient (Wildman–Crippen LogP) is 3.18. The maximum Gasteiger partial charge on any atom is 0.100 e. The van der Waals surface area contributed by atoms with Gasteiger partial charge >= 0.3 is 0 Å². The Morgan fingerprint density at radius 1 is 1.10 bits per heavy atom. The van der Waals surface area contributed by atoms with Gasteiger partial charge in [-0.15, -0.1) is 0 Å². The number of benzene rings is 1. The molecule has 0 aromatic heterocycles. The van der Waals surface area contributed by atoms with E-state index in [1.54, 1.807) is 14.2 Å². The molecule has 0 amide bonds. The highest BCUT2D eigenvalue weighted by atomic mass is 16.6. The van der Waals surface area contributed by atoms with E-state index in [9.17, 15) is 0 Å². The van der Waals surface area contributed by atoms with Gasteiger partial charge in [0.25, 0.3) is 0 Å². The highest BCUT2D eigenvalue weighted by Crippen LogP contribution is 2.42. The molecule has 0 spiro atoms. The SMILES string of the molecule is COC1=CC(CC2CO2)(c2ccccc2)C=C(OC)C1.